The first-order valence-electron chi connectivity index (χ1n) is 5.86. The largest absolute Gasteiger partial charge is 0.439 e. The first-order valence-corrected chi connectivity index (χ1v) is 5.86. The Kier molecular flexibility index (Phi) is 4.76. The SMILES string of the molecule is C[N+](C)(C)c1ncccc1C(=O)OC(C(F)(F)F)C(F)(F)F. The van der Waals surface area contributed by atoms with Crippen molar-refractivity contribution in [3.8, 4) is 0 Å². The van der Waals surface area contributed by atoms with Gasteiger partial charge < -0.3 is 4.74 Å². The van der Waals surface area contributed by atoms with Gasteiger partial charge in [-0.05, 0) is 12.1 Å². The molecule has 1 aromatic heterocycles. The van der Waals surface area contributed by atoms with Crippen LogP contribution in [0.3, 0.4) is 0 Å². The van der Waals surface area contributed by atoms with Crippen molar-refractivity contribution >= 4 is 11.8 Å². The standard InChI is InChI=1S/C12H13F6N2O2/c1-20(2,3)8-7(5-4-6-19-8)9(21)22-10(11(13,14)15)12(16,17)18/h4-6,10H,1-3H3/q+1. The van der Waals surface area contributed by atoms with Crippen molar-refractivity contribution in [1.82, 2.24) is 9.47 Å². The second-order valence-electron chi connectivity index (χ2n) is 5.26. The first kappa shape index (κ1) is 18.2. The molecule has 0 saturated heterocycles. The molecule has 0 fully saturated rings. The highest BCUT2D eigenvalue weighted by Gasteiger charge is 2.60. The van der Waals surface area contributed by atoms with Crippen LogP contribution < -0.4 is 4.48 Å². The Labute approximate surface area is 121 Å². The molecule has 0 radical (unpaired) electrons. The van der Waals surface area contributed by atoms with Gasteiger partial charge in [0.25, 0.3) is 6.10 Å². The van der Waals surface area contributed by atoms with Crippen LogP contribution in [0.25, 0.3) is 0 Å². The van der Waals surface area contributed by atoms with Gasteiger partial charge in [0.1, 0.15) is 5.56 Å². The van der Waals surface area contributed by atoms with Crippen LogP contribution in [0.15, 0.2) is 18.3 Å². The van der Waals surface area contributed by atoms with E-state index >= 15 is 0 Å². The van der Waals surface area contributed by atoms with Crippen LogP contribution in [-0.4, -0.2) is 50.6 Å². The molecule has 22 heavy (non-hydrogen) atoms. The Morgan fingerprint density at radius 1 is 1.14 bits per heavy atom. The molecule has 0 aromatic carbocycles. The van der Waals surface area contributed by atoms with Crippen molar-refractivity contribution in [2.75, 3.05) is 21.1 Å². The molecule has 0 amide bonds. The monoisotopic (exact) mass is 331 g/mol. The first-order chi connectivity index (χ1) is 9.74. The number of quaternary nitrogens is 1. The highest BCUT2D eigenvalue weighted by atomic mass is 19.4. The van der Waals surface area contributed by atoms with Crippen LogP contribution in [-0.2, 0) is 4.74 Å². The molecule has 0 spiro atoms. The van der Waals surface area contributed by atoms with Crippen LogP contribution in [0, 0.1) is 0 Å². The molecule has 10 heteroatoms. The van der Waals surface area contributed by atoms with Crippen LogP contribution in [0.4, 0.5) is 32.2 Å². The number of nitrogens with zero attached hydrogens (tertiary/aromatic N) is 2. The third-order valence-corrected chi connectivity index (χ3v) is 2.46. The van der Waals surface area contributed by atoms with Crippen molar-refractivity contribution in [2.24, 2.45) is 0 Å². The molecule has 0 aliphatic rings. The number of aromatic nitrogens is 1. The normalized spacial score (nSPS) is 13.4. The molecule has 124 valence electrons. The number of alkyl halides is 6. The van der Waals surface area contributed by atoms with E-state index in [0.717, 1.165) is 6.07 Å². The molecule has 0 saturated carbocycles. The van der Waals surface area contributed by atoms with Gasteiger partial charge in [-0.1, -0.05) is 0 Å². The zero-order valence-electron chi connectivity index (χ0n) is 11.8. The van der Waals surface area contributed by atoms with Gasteiger partial charge in [-0.2, -0.15) is 26.3 Å². The van der Waals surface area contributed by atoms with Crippen molar-refractivity contribution in [1.29, 1.82) is 0 Å². The molecule has 0 aliphatic carbocycles. The van der Waals surface area contributed by atoms with Gasteiger partial charge in [-0.3, -0.25) is 4.48 Å². The van der Waals surface area contributed by atoms with Gasteiger partial charge >= 0.3 is 18.3 Å². The molecule has 0 bridgehead atoms. The van der Waals surface area contributed by atoms with Crippen molar-refractivity contribution < 1.29 is 35.9 Å². The summed E-state index contributed by atoms with van der Waals surface area (Å²) in [7, 11) is 4.64. The Morgan fingerprint density at radius 2 is 1.64 bits per heavy atom. The highest BCUT2D eigenvalue weighted by Crippen LogP contribution is 2.36. The van der Waals surface area contributed by atoms with E-state index in [2.05, 4.69) is 9.72 Å². The number of halogens is 6. The summed E-state index contributed by atoms with van der Waals surface area (Å²) in [5, 5.41) is 0. The minimum absolute atomic E-state index is 0.0180. The number of ether oxygens (including phenoxy) is 1. The van der Waals surface area contributed by atoms with Crippen LogP contribution in [0.2, 0.25) is 0 Å². The van der Waals surface area contributed by atoms with Crippen molar-refractivity contribution in [3.63, 3.8) is 0 Å². The van der Waals surface area contributed by atoms with Gasteiger partial charge in [-0.25, -0.2) is 9.78 Å². The number of rotatable bonds is 3. The lowest BCUT2D eigenvalue weighted by Gasteiger charge is -2.25. The summed E-state index contributed by atoms with van der Waals surface area (Å²) in [6.07, 6.45) is -14.4. The number of esters is 1. The fraction of sp³-hybridized carbons (Fsp3) is 0.500. The Morgan fingerprint density at radius 3 is 2.05 bits per heavy atom. The van der Waals surface area contributed by atoms with Gasteiger partial charge in [-0.15, -0.1) is 0 Å². The maximum absolute atomic E-state index is 12.4. The van der Waals surface area contributed by atoms with Crippen LogP contribution in [0.5, 0.6) is 0 Å². The molecule has 0 unspecified atom stereocenters. The predicted molar refractivity (Wildman–Crippen MR) is 65.1 cm³/mol. The Hall–Kier alpha value is -1.84. The minimum atomic E-state index is -5.76. The Balaban J connectivity index is 3.18. The van der Waals surface area contributed by atoms with E-state index in [9.17, 15) is 31.1 Å². The minimum Gasteiger partial charge on any atom is -0.439 e. The van der Waals surface area contributed by atoms with Crippen LogP contribution in [0.1, 0.15) is 10.4 Å². The summed E-state index contributed by atoms with van der Waals surface area (Å²) in [5.74, 6) is -1.76. The fourth-order valence-electron chi connectivity index (χ4n) is 1.58. The van der Waals surface area contributed by atoms with E-state index in [1.165, 1.54) is 12.3 Å². The number of hydrogen-bond acceptors (Lipinski definition) is 3. The van der Waals surface area contributed by atoms with E-state index in [-0.39, 0.29) is 10.3 Å². The maximum atomic E-state index is 12.4. The summed E-state index contributed by atoms with van der Waals surface area (Å²) in [6, 6.07) is 2.27. The second-order valence-corrected chi connectivity index (χ2v) is 5.26. The van der Waals surface area contributed by atoms with Gasteiger partial charge in [0.2, 0.25) is 5.82 Å². The van der Waals surface area contributed by atoms with Crippen molar-refractivity contribution in [2.45, 2.75) is 18.5 Å². The van der Waals surface area contributed by atoms with E-state index in [1.807, 2.05) is 0 Å². The zero-order chi connectivity index (χ0) is 17.3. The summed E-state index contributed by atoms with van der Waals surface area (Å²) in [4.78, 5) is 15.6. The van der Waals surface area contributed by atoms with Gasteiger partial charge in [0, 0.05) is 6.20 Å². The van der Waals surface area contributed by atoms with Crippen molar-refractivity contribution in [3.05, 3.63) is 23.9 Å². The quantitative estimate of drug-likeness (QED) is 0.486. The summed E-state index contributed by atoms with van der Waals surface area (Å²) in [6.45, 7) is 0. The summed E-state index contributed by atoms with van der Waals surface area (Å²) < 4.78 is 78.0. The second kappa shape index (κ2) is 5.75. The zero-order valence-corrected chi connectivity index (χ0v) is 11.8. The number of carbonyl (C=O) groups is 1. The highest BCUT2D eigenvalue weighted by molar-refractivity contribution is 5.94. The summed E-state index contributed by atoms with van der Waals surface area (Å²) >= 11 is 0. The molecular formula is C12H13F6N2O2+. The average Bonchev–Trinajstić information content (AvgIpc) is 2.31. The van der Waals surface area contributed by atoms with Crippen LogP contribution >= 0.6 is 0 Å². The third-order valence-electron chi connectivity index (χ3n) is 2.46. The molecule has 0 N–H and O–H groups in total. The predicted octanol–water partition coefficient (Wildman–Crippen LogP) is 2.93. The third kappa shape index (κ3) is 4.33. The summed E-state index contributed by atoms with van der Waals surface area (Å²) in [5.41, 5.74) is -0.464. The van der Waals surface area contributed by atoms with E-state index in [4.69, 9.17) is 0 Å². The van der Waals surface area contributed by atoms with E-state index in [1.54, 1.807) is 21.1 Å². The van der Waals surface area contributed by atoms with E-state index in [0.29, 0.717) is 0 Å². The lowest BCUT2D eigenvalue weighted by atomic mass is 10.2. The smallest absolute Gasteiger partial charge is 0.434 e. The maximum Gasteiger partial charge on any atom is 0.434 e. The molecule has 4 nitrogen and oxygen atoms in total. The topological polar surface area (TPSA) is 39.2 Å². The Bertz CT molecular complexity index is 534. The molecular weight excluding hydrogens is 318 g/mol. The number of carbonyl (C=O) groups excluding carboxylic acids is 1. The molecule has 0 aliphatic heterocycles. The van der Waals surface area contributed by atoms with E-state index < -0.39 is 30.0 Å². The van der Waals surface area contributed by atoms with Gasteiger partial charge in [0.05, 0.1) is 21.1 Å². The number of hydrogen-bond donors (Lipinski definition) is 0. The molecule has 1 heterocycles. The number of pyridine rings is 1. The molecule has 1 aromatic rings. The lowest BCUT2D eigenvalue weighted by molar-refractivity contribution is -0.307. The molecule has 0 atom stereocenters. The van der Waals surface area contributed by atoms with Gasteiger partial charge in [0.15, 0.2) is 0 Å². The average molecular weight is 331 g/mol. The fourth-order valence-corrected chi connectivity index (χ4v) is 1.58. The molecule has 1 rings (SSSR count). The lowest BCUT2D eigenvalue weighted by Crippen LogP contribution is -2.46.